The topological polar surface area (TPSA) is 18.5 Å². The summed E-state index contributed by atoms with van der Waals surface area (Å²) in [4.78, 5) is 0. The van der Waals surface area contributed by atoms with Gasteiger partial charge in [-0.25, -0.2) is 8.78 Å². The van der Waals surface area contributed by atoms with Gasteiger partial charge < -0.3 is 9.47 Å². The second-order valence-electron chi connectivity index (χ2n) is 6.22. The lowest BCUT2D eigenvalue weighted by atomic mass is 9.99. The van der Waals surface area contributed by atoms with Gasteiger partial charge in [-0.1, -0.05) is 42.5 Å². The van der Waals surface area contributed by atoms with Crippen molar-refractivity contribution in [3.8, 4) is 22.6 Å². The highest BCUT2D eigenvalue weighted by atomic mass is 19.2. The van der Waals surface area contributed by atoms with E-state index in [9.17, 15) is 8.78 Å². The van der Waals surface area contributed by atoms with Crippen LogP contribution in [-0.4, -0.2) is 13.2 Å². The molecule has 0 fully saturated rings. The molecule has 3 aromatic rings. The Labute approximate surface area is 163 Å². The number of hydrogen-bond donors (Lipinski definition) is 0. The molecular formula is C24H22F2O2. The van der Waals surface area contributed by atoms with E-state index in [-0.39, 0.29) is 10.9 Å². The van der Waals surface area contributed by atoms with Crippen molar-refractivity contribution < 1.29 is 18.3 Å². The monoisotopic (exact) mass is 380 g/mol. The Morgan fingerprint density at radius 3 is 2.00 bits per heavy atom. The lowest BCUT2D eigenvalue weighted by Crippen LogP contribution is -1.96. The first-order valence-corrected chi connectivity index (χ1v) is 9.14. The van der Waals surface area contributed by atoms with E-state index in [2.05, 4.69) is 0 Å². The van der Waals surface area contributed by atoms with Gasteiger partial charge >= 0.3 is 0 Å². The minimum Gasteiger partial charge on any atom is -0.490 e. The molecule has 0 unspecified atom stereocenters. The highest BCUT2D eigenvalue weighted by molar-refractivity contribution is 5.89. The molecule has 0 aliphatic carbocycles. The summed E-state index contributed by atoms with van der Waals surface area (Å²) in [6.07, 6.45) is 7.50. The molecule has 0 aliphatic heterocycles. The van der Waals surface area contributed by atoms with Gasteiger partial charge in [0.15, 0.2) is 11.6 Å². The molecule has 0 aromatic heterocycles. The number of rotatable bonds is 7. The first-order valence-electron chi connectivity index (χ1n) is 9.14. The first-order chi connectivity index (χ1) is 13.6. The van der Waals surface area contributed by atoms with Crippen molar-refractivity contribution in [1.82, 2.24) is 0 Å². The number of fused-ring (bicyclic) bond motifs is 1. The Balaban J connectivity index is 1.91. The van der Waals surface area contributed by atoms with Crippen molar-refractivity contribution in [1.29, 1.82) is 0 Å². The van der Waals surface area contributed by atoms with E-state index in [0.29, 0.717) is 35.7 Å². The molecule has 0 N–H and O–H groups in total. The summed E-state index contributed by atoms with van der Waals surface area (Å²) in [5.74, 6) is -0.580. The molecule has 0 amide bonds. The normalized spacial score (nSPS) is 11.6. The predicted molar refractivity (Wildman–Crippen MR) is 110 cm³/mol. The summed E-state index contributed by atoms with van der Waals surface area (Å²) in [6.45, 7) is 4.65. The van der Waals surface area contributed by atoms with Crippen LogP contribution >= 0.6 is 0 Å². The highest BCUT2D eigenvalue weighted by Gasteiger charge is 2.15. The van der Waals surface area contributed by atoms with Crippen LogP contribution in [0.5, 0.6) is 11.5 Å². The Kier molecular flexibility index (Phi) is 6.43. The van der Waals surface area contributed by atoms with E-state index < -0.39 is 11.6 Å². The molecule has 3 aromatic carbocycles. The van der Waals surface area contributed by atoms with Crippen molar-refractivity contribution in [2.24, 2.45) is 0 Å². The van der Waals surface area contributed by atoms with E-state index >= 15 is 0 Å². The van der Waals surface area contributed by atoms with Crippen molar-refractivity contribution in [2.45, 2.75) is 13.8 Å². The van der Waals surface area contributed by atoms with Crippen LogP contribution in [0.15, 0.2) is 72.8 Å². The van der Waals surface area contributed by atoms with Gasteiger partial charge in [-0.3, -0.25) is 0 Å². The Bertz CT molecular complexity index is 1010. The molecule has 28 heavy (non-hydrogen) atoms. The molecule has 0 spiro atoms. The molecule has 0 saturated heterocycles. The molecular weight excluding hydrogens is 358 g/mol. The minimum absolute atomic E-state index is 0.200. The maximum atomic E-state index is 14.7. The number of halogens is 2. The van der Waals surface area contributed by atoms with Crippen LogP contribution in [0.1, 0.15) is 13.8 Å². The number of hydrogen-bond acceptors (Lipinski definition) is 2. The number of ether oxygens (including phenoxy) is 2. The fourth-order valence-electron chi connectivity index (χ4n) is 2.82. The third-order valence-electron chi connectivity index (χ3n) is 4.32. The third kappa shape index (κ3) is 4.39. The summed E-state index contributed by atoms with van der Waals surface area (Å²) in [5.41, 5.74) is 0.803. The van der Waals surface area contributed by atoms with E-state index in [1.807, 2.05) is 38.2 Å². The van der Waals surface area contributed by atoms with Gasteiger partial charge in [0.05, 0.1) is 0 Å². The van der Waals surface area contributed by atoms with E-state index in [1.165, 1.54) is 6.07 Å². The van der Waals surface area contributed by atoms with Crippen molar-refractivity contribution in [3.63, 3.8) is 0 Å². The highest BCUT2D eigenvalue weighted by Crippen LogP contribution is 2.33. The van der Waals surface area contributed by atoms with Crippen LogP contribution in [0, 0.1) is 11.6 Å². The van der Waals surface area contributed by atoms with Crippen molar-refractivity contribution in [3.05, 3.63) is 84.5 Å². The van der Waals surface area contributed by atoms with Crippen molar-refractivity contribution in [2.75, 3.05) is 13.2 Å². The summed E-state index contributed by atoms with van der Waals surface area (Å²) in [5, 5.41) is 0.811. The molecule has 0 atom stereocenters. The molecule has 0 saturated carbocycles. The maximum absolute atomic E-state index is 14.7. The summed E-state index contributed by atoms with van der Waals surface area (Å²) >= 11 is 0. The zero-order valence-corrected chi connectivity index (χ0v) is 15.9. The lowest BCUT2D eigenvalue weighted by Gasteiger charge is -2.11. The molecule has 0 radical (unpaired) electrons. The van der Waals surface area contributed by atoms with Gasteiger partial charge in [0, 0.05) is 10.9 Å². The molecule has 4 heteroatoms. The van der Waals surface area contributed by atoms with Gasteiger partial charge in [0.1, 0.15) is 24.7 Å². The first kappa shape index (κ1) is 19.6. The van der Waals surface area contributed by atoms with Gasteiger partial charge in [0.25, 0.3) is 0 Å². The fraction of sp³-hybridized carbons (Fsp3) is 0.167. The maximum Gasteiger partial charge on any atom is 0.167 e. The second kappa shape index (κ2) is 9.18. The van der Waals surface area contributed by atoms with Crippen LogP contribution < -0.4 is 9.47 Å². The molecule has 0 aliphatic rings. The lowest BCUT2D eigenvalue weighted by molar-refractivity contribution is 0.362. The van der Waals surface area contributed by atoms with Gasteiger partial charge in [-0.05, 0) is 55.1 Å². The molecule has 3 rings (SSSR count). The van der Waals surface area contributed by atoms with Crippen LogP contribution in [0.3, 0.4) is 0 Å². The van der Waals surface area contributed by atoms with Crippen LogP contribution in [-0.2, 0) is 0 Å². The molecule has 144 valence electrons. The Morgan fingerprint density at radius 1 is 0.750 bits per heavy atom. The van der Waals surface area contributed by atoms with Gasteiger partial charge in [-0.15, -0.1) is 0 Å². The largest absolute Gasteiger partial charge is 0.490 e. The SMILES string of the molecule is CC=CCOc1ccc(-c2cc3ccc(OCC=CC)cc3c(F)c2F)cc1. The number of benzene rings is 3. The zero-order chi connectivity index (χ0) is 19.9. The smallest absolute Gasteiger partial charge is 0.167 e. The minimum atomic E-state index is -0.877. The summed E-state index contributed by atoms with van der Waals surface area (Å²) in [6, 6.07) is 13.6. The molecule has 0 bridgehead atoms. The fourth-order valence-corrected chi connectivity index (χ4v) is 2.82. The Morgan fingerprint density at radius 2 is 1.36 bits per heavy atom. The average Bonchev–Trinajstić information content (AvgIpc) is 2.72. The van der Waals surface area contributed by atoms with Crippen LogP contribution in [0.25, 0.3) is 21.9 Å². The van der Waals surface area contributed by atoms with E-state index in [1.54, 1.807) is 42.5 Å². The van der Waals surface area contributed by atoms with Gasteiger partial charge in [-0.2, -0.15) is 0 Å². The van der Waals surface area contributed by atoms with Crippen LogP contribution in [0.4, 0.5) is 8.78 Å². The van der Waals surface area contributed by atoms with Crippen LogP contribution in [0.2, 0.25) is 0 Å². The standard InChI is InChI=1S/C24H22F2O2/c1-3-5-13-27-19-10-7-17(8-11-19)21-15-18-9-12-20(28-14-6-4-2)16-22(18)24(26)23(21)25/h3-12,15-16H,13-14H2,1-2H3. The quantitative estimate of drug-likeness (QED) is 0.425. The summed E-state index contributed by atoms with van der Waals surface area (Å²) < 4.78 is 40.5. The van der Waals surface area contributed by atoms with Gasteiger partial charge in [0.2, 0.25) is 0 Å². The third-order valence-corrected chi connectivity index (χ3v) is 4.32. The summed E-state index contributed by atoms with van der Waals surface area (Å²) in [7, 11) is 0. The van der Waals surface area contributed by atoms with E-state index in [0.717, 1.165) is 0 Å². The second-order valence-corrected chi connectivity index (χ2v) is 6.22. The number of allylic oxidation sites excluding steroid dienone is 2. The average molecular weight is 380 g/mol. The van der Waals surface area contributed by atoms with E-state index in [4.69, 9.17) is 9.47 Å². The predicted octanol–water partition coefficient (Wildman–Crippen LogP) is 6.69. The zero-order valence-electron chi connectivity index (χ0n) is 15.9. The molecule has 2 nitrogen and oxygen atoms in total. The Hall–Kier alpha value is -3.14. The molecule has 0 heterocycles. The van der Waals surface area contributed by atoms with Crippen molar-refractivity contribution >= 4 is 10.8 Å².